The Kier molecular flexibility index (Phi) is 27.7. The quantitative estimate of drug-likeness (QED) is 0.0542. The smallest absolute Gasteiger partial charge is 0.237 e. The predicted octanol–water partition coefficient (Wildman–Crippen LogP) is 12.7. The molecule has 3 atom stereocenters. The van der Waals surface area contributed by atoms with Crippen molar-refractivity contribution < 1.29 is 43.0 Å². The van der Waals surface area contributed by atoms with E-state index in [1.165, 1.54) is 11.1 Å². The lowest BCUT2D eigenvalue weighted by molar-refractivity contribution is -0.133. The van der Waals surface area contributed by atoms with E-state index in [4.69, 9.17) is 34.2 Å². The number of amides is 6. The molecular formula is C115H126N26O9. The lowest BCUT2D eigenvalue weighted by Gasteiger charge is -2.37. The molecule has 19 heterocycles. The summed E-state index contributed by atoms with van der Waals surface area (Å²) in [6, 6.07) is 52.9. The summed E-state index contributed by atoms with van der Waals surface area (Å²) in [4.78, 5) is 149. The molecule has 7 aromatic heterocycles. The highest BCUT2D eigenvalue weighted by atomic mass is 16.5. The number of aryl methyl sites for hydroxylation is 3. The maximum Gasteiger partial charge on any atom is 0.237 e. The van der Waals surface area contributed by atoms with Gasteiger partial charge in [-0.3, -0.25) is 77.4 Å². The zero-order valence-corrected chi connectivity index (χ0v) is 86.6. The van der Waals surface area contributed by atoms with Crippen molar-refractivity contribution in [2.24, 2.45) is 52.4 Å². The van der Waals surface area contributed by atoms with Crippen molar-refractivity contribution in [1.29, 1.82) is 0 Å². The van der Waals surface area contributed by atoms with Gasteiger partial charge in [0.05, 0.1) is 96.7 Å². The Bertz CT molecular complexity index is 7000. The number of carbonyl (C=O) groups excluding carboxylic acids is 6. The summed E-state index contributed by atoms with van der Waals surface area (Å²) in [5, 5.41) is 13.1. The van der Waals surface area contributed by atoms with Gasteiger partial charge in [0.2, 0.25) is 53.1 Å². The fourth-order valence-corrected chi connectivity index (χ4v) is 23.0. The van der Waals surface area contributed by atoms with Gasteiger partial charge in [-0.15, -0.1) is 0 Å². The number of carbonyl (C=O) groups is 6. The highest BCUT2D eigenvalue weighted by molar-refractivity contribution is 6.17. The van der Waals surface area contributed by atoms with Crippen LogP contribution < -0.4 is 33.8 Å². The molecule has 7 fully saturated rings. The number of benzene rings is 5. The number of hydrogen-bond donors (Lipinski definition) is 0. The maximum absolute atomic E-state index is 14.1. The topological polar surface area (TPSA) is 343 Å². The molecule has 35 heteroatoms. The summed E-state index contributed by atoms with van der Waals surface area (Å²) in [5.74, 6) is 5.36. The summed E-state index contributed by atoms with van der Waals surface area (Å²) < 4.78 is 22.2. The molecule has 3 spiro atoms. The van der Waals surface area contributed by atoms with Crippen LogP contribution in [-0.2, 0) is 69.5 Å². The lowest BCUT2D eigenvalue weighted by atomic mass is 9.85. The fraction of sp³-hybridized carbons (Fsp3) is 0.400. The minimum absolute atomic E-state index is 0.0454. The van der Waals surface area contributed by atoms with Gasteiger partial charge in [-0.2, -0.15) is 15.3 Å². The predicted molar refractivity (Wildman–Crippen MR) is 573 cm³/mol. The van der Waals surface area contributed by atoms with Crippen LogP contribution in [-0.4, -0.2) is 295 Å². The van der Waals surface area contributed by atoms with Gasteiger partial charge in [-0.05, 0) is 219 Å². The van der Waals surface area contributed by atoms with Crippen molar-refractivity contribution in [1.82, 2.24) is 93.6 Å². The molecule has 6 amide bonds. The van der Waals surface area contributed by atoms with Crippen LogP contribution in [0.1, 0.15) is 154 Å². The van der Waals surface area contributed by atoms with Gasteiger partial charge in [0.1, 0.15) is 24.8 Å². The van der Waals surface area contributed by atoms with Crippen LogP contribution in [0.3, 0.4) is 0 Å². The van der Waals surface area contributed by atoms with Gasteiger partial charge in [0, 0.05) is 217 Å². The monoisotopic (exact) mass is 2020 g/mol. The average Bonchev–Trinajstić information content (AvgIpc) is 1.60. The van der Waals surface area contributed by atoms with E-state index in [2.05, 4.69) is 150 Å². The molecule has 0 radical (unpaired) electrons. The minimum atomic E-state index is -0.486. The van der Waals surface area contributed by atoms with Crippen LogP contribution in [0.15, 0.2) is 222 Å². The summed E-state index contributed by atoms with van der Waals surface area (Å²) in [7, 11) is 5.58. The van der Waals surface area contributed by atoms with Crippen molar-refractivity contribution in [3.05, 3.63) is 269 Å². The Morgan fingerprint density at radius 3 is 1.07 bits per heavy atom. The van der Waals surface area contributed by atoms with E-state index in [0.717, 1.165) is 196 Å². The van der Waals surface area contributed by atoms with Crippen LogP contribution in [0, 0.1) is 16.2 Å². The van der Waals surface area contributed by atoms with Gasteiger partial charge in [0.25, 0.3) is 0 Å². The minimum Gasteiger partial charge on any atom is -0.475 e. The number of aliphatic imine (C=N–C) groups is 3. The Hall–Kier alpha value is -15.5. The van der Waals surface area contributed by atoms with Crippen molar-refractivity contribution in [2.75, 3.05) is 150 Å². The Labute approximate surface area is 872 Å². The van der Waals surface area contributed by atoms with Crippen molar-refractivity contribution >= 4 is 86.6 Å². The van der Waals surface area contributed by atoms with Gasteiger partial charge in [-0.1, -0.05) is 78.9 Å². The van der Waals surface area contributed by atoms with Crippen molar-refractivity contribution in [3.8, 4) is 51.8 Å². The molecule has 24 rings (SSSR count). The van der Waals surface area contributed by atoms with Crippen LogP contribution in [0.2, 0.25) is 0 Å². The third-order valence-corrected chi connectivity index (χ3v) is 31.1. The highest BCUT2D eigenvalue weighted by Crippen LogP contribution is 2.48. The maximum atomic E-state index is 14.1. The molecule has 0 aliphatic carbocycles. The lowest BCUT2D eigenvalue weighted by Crippen LogP contribution is -2.51. The van der Waals surface area contributed by atoms with E-state index >= 15 is 0 Å². The summed E-state index contributed by atoms with van der Waals surface area (Å²) in [5.41, 5.74) is 20.9. The molecule has 0 unspecified atom stereocenters. The summed E-state index contributed by atoms with van der Waals surface area (Å²) >= 11 is 0. The van der Waals surface area contributed by atoms with Gasteiger partial charge >= 0.3 is 0 Å². The number of fused-ring (bicyclic) bond motifs is 3. The summed E-state index contributed by atoms with van der Waals surface area (Å²) in [6.07, 6.45) is 21.2. The molecule has 0 saturated carbocycles. The number of ether oxygens (including phenoxy) is 3. The number of likely N-dealkylation sites (tertiary alicyclic amines) is 3. The molecule has 770 valence electrons. The number of rotatable bonds is 24. The zero-order valence-electron chi connectivity index (χ0n) is 86.6. The molecular weight excluding hydrogens is 1890 g/mol. The van der Waals surface area contributed by atoms with Crippen LogP contribution in [0.5, 0.6) is 17.6 Å². The van der Waals surface area contributed by atoms with Crippen LogP contribution >= 0.6 is 0 Å². The third-order valence-electron chi connectivity index (χ3n) is 31.1. The van der Waals surface area contributed by atoms with E-state index in [0.29, 0.717) is 159 Å². The zero-order chi connectivity index (χ0) is 103. The highest BCUT2D eigenvalue weighted by Gasteiger charge is 2.55. The molecule has 12 aliphatic heterocycles. The molecule has 5 aromatic carbocycles. The molecule has 12 aliphatic rings. The number of hydrogen-bond acceptors (Lipinski definition) is 26. The number of pyridine rings is 4. The van der Waals surface area contributed by atoms with Crippen molar-refractivity contribution in [3.63, 3.8) is 0 Å². The van der Waals surface area contributed by atoms with Gasteiger partial charge in [0.15, 0.2) is 17.5 Å². The first-order chi connectivity index (χ1) is 72.7. The average molecular weight is 2020 g/mol. The Morgan fingerprint density at radius 2 is 0.693 bits per heavy atom. The van der Waals surface area contributed by atoms with E-state index in [1.54, 1.807) is 39.2 Å². The Morgan fingerprint density at radius 1 is 0.347 bits per heavy atom. The first kappa shape index (κ1) is 99.1. The first-order valence-corrected chi connectivity index (χ1v) is 52.5. The SMILES string of the molecule is CC(C)Oc1ccc(C2=NCc3ccc(N4CC[C@]5(CCN(CC(=O)N6CC=C(c7ccc(-c8ncn(C)n8)cc7)CC6)C5)C4=O)cc32)cn1.CC(C)Oc1ccc(C2=NCc3ccc(N4CC[C@]5(CCN(CC(=O)N6CC=C(c7ccc(-c8ncn(C)n8)cc7)CC6)C5)C4=O)nc32)cn1.CC(C)Oc1ccc(C2=NCc3ccc(N4CC[C@]5(CCN(CC(=O)N6CCN(c7ccc(-c8ncn(C)n8)cc7)CC6)C5)C4=O)cc32)cn1. The van der Waals surface area contributed by atoms with Crippen molar-refractivity contribution in [2.45, 2.75) is 131 Å². The second-order valence-electron chi connectivity index (χ2n) is 42.3. The van der Waals surface area contributed by atoms with Gasteiger partial charge in [-0.25, -0.2) is 34.9 Å². The molecule has 7 saturated heterocycles. The third kappa shape index (κ3) is 20.7. The molecule has 35 nitrogen and oxygen atoms in total. The molecule has 0 N–H and O–H groups in total. The van der Waals surface area contributed by atoms with Gasteiger partial charge < -0.3 is 43.6 Å². The van der Waals surface area contributed by atoms with E-state index < -0.39 is 16.2 Å². The first-order valence-electron chi connectivity index (χ1n) is 52.5. The fourth-order valence-electron chi connectivity index (χ4n) is 23.0. The molecule has 0 bridgehead atoms. The van der Waals surface area contributed by atoms with Crippen LogP contribution in [0.25, 0.3) is 45.3 Å². The van der Waals surface area contributed by atoms with E-state index in [9.17, 15) is 28.8 Å². The second kappa shape index (κ2) is 41.9. The Balaban J connectivity index is 0.000000127. The summed E-state index contributed by atoms with van der Waals surface area (Å²) in [6.45, 7) is 26.2. The second-order valence-corrected chi connectivity index (χ2v) is 42.3. The largest absolute Gasteiger partial charge is 0.475 e. The number of nitrogens with zero attached hydrogens (tertiary/aromatic N) is 26. The van der Waals surface area contributed by atoms with E-state index in [-0.39, 0.29) is 53.8 Å². The molecule has 150 heavy (non-hydrogen) atoms. The normalized spacial score (nSPS) is 20.6. The van der Waals surface area contributed by atoms with Crippen LogP contribution in [0.4, 0.5) is 22.9 Å². The van der Waals surface area contributed by atoms with E-state index in [1.807, 2.05) is 189 Å². The number of anilines is 4. The standard InChI is InChI=1S/C39H42N8O3.C38H43N9O3.C38H41N9O3/c1-26(2)50-34-11-9-31(22-40-34)36-33-20-32(10-8-30(33)21-41-36)47-19-15-39(38(47)49)14-18-45(24-39)23-35(48)46-16-12-28(13-17-46)27-4-6-29(7-5-27)37-42-25-44(3)43-37;1-26(2)50-33-11-7-29(22-39-33)35-32-20-31(10-6-28(32)21-40-35)47-15-13-38(37(47)49)12-14-44(24-38)23-34(48)46-18-16-45(17-19-46)30-8-4-27(5-9-30)36-41-25-43(3)42-36;1-25(2)50-32-11-9-29(20-39-32)34-35-30(21-40-34)8-10-31(42-35)47-19-15-38(37(47)49)14-18-45(23-38)22-33(48)46-16-12-27(13-17-46)26-4-6-28(7-5-26)36-41-24-44(3)43-36/h4-12,20,22,25-26H,13-19,21,23-24H2,1-3H3;4-11,20,22,25-26H,12-19,21,23-24H2,1-3H3;4-12,20,24-25H,13-19,21-23H2,1-3H3/t39-;2*38-/m000/s1. The molecule has 12 aromatic rings. The number of piperazine rings is 1. The number of aromatic nitrogens is 13.